The summed E-state index contributed by atoms with van der Waals surface area (Å²) in [5.41, 5.74) is 6.86. The van der Waals surface area contributed by atoms with Crippen molar-refractivity contribution in [2.24, 2.45) is 0 Å². The van der Waals surface area contributed by atoms with Crippen LogP contribution in [-0.2, 0) is 6.54 Å². The summed E-state index contributed by atoms with van der Waals surface area (Å²) in [5, 5.41) is 1.08. The molecule has 2 aromatic rings. The van der Waals surface area contributed by atoms with Gasteiger partial charge in [0.1, 0.15) is 10.8 Å². The zero-order valence-corrected chi connectivity index (χ0v) is 11.3. The third-order valence-corrected chi connectivity index (χ3v) is 3.67. The van der Waals surface area contributed by atoms with Crippen LogP contribution in [0.2, 0.25) is 0 Å². The quantitative estimate of drug-likeness (QED) is 0.946. The summed E-state index contributed by atoms with van der Waals surface area (Å²) in [6, 6.07) is 10.2. The van der Waals surface area contributed by atoms with Gasteiger partial charge in [0.05, 0.1) is 0 Å². The number of nitrogen functional groups attached to an aromatic ring is 1. The second-order valence-corrected chi connectivity index (χ2v) is 5.27. The minimum Gasteiger partial charge on any atom is -0.383 e. The molecule has 5 heteroatoms. The van der Waals surface area contributed by atoms with E-state index in [9.17, 15) is 0 Å². The third-order valence-electron chi connectivity index (χ3n) is 2.23. The topological polar surface area (TPSA) is 42.1 Å². The van der Waals surface area contributed by atoms with Crippen molar-refractivity contribution in [3.63, 3.8) is 0 Å². The van der Waals surface area contributed by atoms with Crippen LogP contribution in [-0.4, -0.2) is 11.4 Å². The van der Waals surface area contributed by atoms with Gasteiger partial charge < -0.3 is 10.6 Å². The lowest BCUT2D eigenvalue weighted by Crippen LogP contribution is -2.14. The molecule has 84 valence electrons. The van der Waals surface area contributed by atoms with Crippen molar-refractivity contribution in [1.82, 2.24) is 4.37 Å². The largest absolute Gasteiger partial charge is 0.383 e. The van der Waals surface area contributed by atoms with E-state index < -0.39 is 0 Å². The van der Waals surface area contributed by atoms with Crippen LogP contribution in [0.5, 0.6) is 0 Å². The predicted octanol–water partition coefficient (Wildman–Crippen LogP) is 3.12. The van der Waals surface area contributed by atoms with E-state index in [0.717, 1.165) is 16.0 Å². The molecule has 0 amide bonds. The first-order valence-corrected chi connectivity index (χ1v) is 6.39. The lowest BCUT2D eigenvalue weighted by molar-refractivity contribution is 0.935. The average molecular weight is 298 g/mol. The first-order valence-electron chi connectivity index (χ1n) is 4.83. The van der Waals surface area contributed by atoms with Gasteiger partial charge in [0.25, 0.3) is 0 Å². The van der Waals surface area contributed by atoms with Crippen LogP contribution in [0.15, 0.2) is 34.8 Å². The summed E-state index contributed by atoms with van der Waals surface area (Å²) in [5.74, 6) is 0.586. The van der Waals surface area contributed by atoms with Crippen LogP contribution in [0.3, 0.4) is 0 Å². The molecule has 1 aromatic heterocycles. The monoisotopic (exact) mass is 297 g/mol. The second kappa shape index (κ2) is 4.84. The molecule has 0 aliphatic carbocycles. The van der Waals surface area contributed by atoms with Crippen molar-refractivity contribution in [2.75, 3.05) is 17.7 Å². The molecular weight excluding hydrogens is 286 g/mol. The summed E-state index contributed by atoms with van der Waals surface area (Å²) in [7, 11) is 2.04. The van der Waals surface area contributed by atoms with Crippen LogP contribution in [0.25, 0.3) is 0 Å². The number of benzene rings is 1. The molecule has 0 radical (unpaired) electrons. The van der Waals surface area contributed by atoms with E-state index in [1.165, 1.54) is 17.1 Å². The first kappa shape index (κ1) is 11.4. The molecule has 0 unspecified atom stereocenters. The van der Waals surface area contributed by atoms with E-state index in [0.29, 0.717) is 5.82 Å². The molecule has 0 bridgehead atoms. The molecule has 1 heterocycles. The Hall–Kier alpha value is -1.07. The van der Waals surface area contributed by atoms with Gasteiger partial charge in [-0.15, -0.1) is 0 Å². The second-order valence-electron chi connectivity index (χ2n) is 3.57. The van der Waals surface area contributed by atoms with Gasteiger partial charge in [-0.1, -0.05) is 28.1 Å². The molecule has 3 nitrogen and oxygen atoms in total. The highest BCUT2D eigenvalue weighted by molar-refractivity contribution is 9.10. The lowest BCUT2D eigenvalue weighted by Gasteiger charge is -2.16. The van der Waals surface area contributed by atoms with Crippen molar-refractivity contribution in [3.8, 4) is 0 Å². The van der Waals surface area contributed by atoms with Crippen LogP contribution in [0, 0.1) is 0 Å². The maximum absolute atomic E-state index is 5.60. The van der Waals surface area contributed by atoms with Crippen molar-refractivity contribution >= 4 is 38.3 Å². The van der Waals surface area contributed by atoms with Crippen LogP contribution in [0.1, 0.15) is 5.56 Å². The lowest BCUT2D eigenvalue weighted by atomic mass is 10.2. The van der Waals surface area contributed by atoms with Gasteiger partial charge in [-0.25, -0.2) is 0 Å². The Morgan fingerprint density at radius 3 is 2.62 bits per heavy atom. The molecule has 0 aliphatic rings. The molecule has 0 spiro atoms. The van der Waals surface area contributed by atoms with Crippen LogP contribution >= 0.6 is 27.5 Å². The zero-order chi connectivity index (χ0) is 11.5. The van der Waals surface area contributed by atoms with Gasteiger partial charge in [0.2, 0.25) is 0 Å². The fourth-order valence-electron chi connectivity index (χ4n) is 1.40. The van der Waals surface area contributed by atoms with E-state index in [-0.39, 0.29) is 0 Å². The van der Waals surface area contributed by atoms with Crippen LogP contribution < -0.4 is 10.6 Å². The number of hydrogen-bond donors (Lipinski definition) is 1. The number of halogens is 1. The fourth-order valence-corrected chi connectivity index (χ4v) is 2.29. The third kappa shape index (κ3) is 2.74. The van der Waals surface area contributed by atoms with Gasteiger partial charge in [0.15, 0.2) is 0 Å². The van der Waals surface area contributed by atoms with Gasteiger partial charge in [-0.2, -0.15) is 4.37 Å². The maximum atomic E-state index is 5.60. The normalized spacial score (nSPS) is 10.4. The number of hydrogen-bond acceptors (Lipinski definition) is 4. The predicted molar refractivity (Wildman–Crippen MR) is 72.8 cm³/mol. The molecule has 2 N–H and O–H groups in total. The Balaban J connectivity index is 2.07. The molecule has 0 saturated carbocycles. The number of rotatable bonds is 3. The maximum Gasteiger partial charge on any atom is 0.139 e. The van der Waals surface area contributed by atoms with Gasteiger partial charge in [-0.3, -0.25) is 0 Å². The highest BCUT2D eigenvalue weighted by Crippen LogP contribution is 2.23. The van der Waals surface area contributed by atoms with E-state index in [1.807, 2.05) is 25.2 Å². The summed E-state index contributed by atoms with van der Waals surface area (Å²) in [4.78, 5) is 2.14. The number of nitrogens with two attached hydrogens (primary N) is 1. The molecule has 2 rings (SSSR count). The Kier molecular flexibility index (Phi) is 3.46. The van der Waals surface area contributed by atoms with Crippen molar-refractivity contribution in [2.45, 2.75) is 6.54 Å². The van der Waals surface area contributed by atoms with Crippen molar-refractivity contribution in [1.29, 1.82) is 0 Å². The highest BCUT2D eigenvalue weighted by Gasteiger charge is 2.05. The molecule has 0 atom stereocenters. The zero-order valence-electron chi connectivity index (χ0n) is 8.85. The average Bonchev–Trinajstić information content (AvgIpc) is 2.68. The van der Waals surface area contributed by atoms with E-state index in [2.05, 4.69) is 37.3 Å². The number of anilines is 2. The molecule has 0 saturated heterocycles. The summed E-state index contributed by atoms with van der Waals surface area (Å²) in [6.07, 6.45) is 0. The molecule has 16 heavy (non-hydrogen) atoms. The van der Waals surface area contributed by atoms with Crippen LogP contribution in [0.4, 0.5) is 10.8 Å². The van der Waals surface area contributed by atoms with E-state index in [4.69, 9.17) is 5.73 Å². The Labute approximate surface area is 107 Å². The Bertz CT molecular complexity index is 466. The standard InChI is InChI=1S/C11H12BrN3S/c1-15(11-6-10(13)14-16-11)7-8-2-4-9(12)5-3-8/h2-6H,7H2,1H3,(H2,13,14). The first-order chi connectivity index (χ1) is 7.65. The molecule has 0 fully saturated rings. The molecule has 0 aliphatic heterocycles. The Morgan fingerprint density at radius 2 is 2.06 bits per heavy atom. The van der Waals surface area contributed by atoms with Crippen molar-refractivity contribution in [3.05, 3.63) is 40.4 Å². The smallest absolute Gasteiger partial charge is 0.139 e. The molecule has 1 aromatic carbocycles. The van der Waals surface area contributed by atoms with E-state index in [1.54, 1.807) is 0 Å². The van der Waals surface area contributed by atoms with Gasteiger partial charge in [0, 0.05) is 24.1 Å². The highest BCUT2D eigenvalue weighted by atomic mass is 79.9. The van der Waals surface area contributed by atoms with Crippen molar-refractivity contribution < 1.29 is 0 Å². The summed E-state index contributed by atoms with van der Waals surface area (Å²) in [6.45, 7) is 0.856. The van der Waals surface area contributed by atoms with Gasteiger partial charge in [-0.05, 0) is 29.2 Å². The van der Waals surface area contributed by atoms with E-state index >= 15 is 0 Å². The number of aromatic nitrogens is 1. The molecular formula is C11H12BrN3S. The van der Waals surface area contributed by atoms with Gasteiger partial charge >= 0.3 is 0 Å². The fraction of sp³-hybridized carbons (Fsp3) is 0.182. The minimum atomic E-state index is 0.586. The SMILES string of the molecule is CN(Cc1ccc(Br)cc1)c1cc(N)ns1. The summed E-state index contributed by atoms with van der Waals surface area (Å²) >= 11 is 4.84. The Morgan fingerprint density at radius 1 is 1.38 bits per heavy atom. The number of nitrogens with zero attached hydrogens (tertiary/aromatic N) is 2. The summed E-state index contributed by atoms with van der Waals surface area (Å²) < 4.78 is 5.16. The minimum absolute atomic E-state index is 0.586.